The Kier molecular flexibility index (Phi) is 5.42. The Hall–Kier alpha value is -2.60. The molecule has 0 N–H and O–H groups in total. The lowest BCUT2D eigenvalue weighted by atomic mass is 10.0. The van der Waals surface area contributed by atoms with Crippen LogP contribution in [0.2, 0.25) is 0 Å². The summed E-state index contributed by atoms with van der Waals surface area (Å²) in [6.45, 7) is 2.18. The van der Waals surface area contributed by atoms with Gasteiger partial charge in [0.05, 0.1) is 19.1 Å². The van der Waals surface area contributed by atoms with E-state index in [0.717, 1.165) is 15.4 Å². The summed E-state index contributed by atoms with van der Waals surface area (Å²) in [6.07, 6.45) is -0.110. The minimum Gasteiger partial charge on any atom is -0.489 e. The van der Waals surface area contributed by atoms with E-state index in [-0.39, 0.29) is 6.42 Å². The fraction of sp³-hybridized carbons (Fsp3) is 0.200. The second-order valence-electron chi connectivity index (χ2n) is 5.78. The maximum Gasteiger partial charge on any atom is 0.340 e. The summed E-state index contributed by atoms with van der Waals surface area (Å²) < 4.78 is 16.8. The van der Waals surface area contributed by atoms with Crippen LogP contribution >= 0.6 is 15.9 Å². The van der Waals surface area contributed by atoms with E-state index >= 15 is 0 Å². The van der Waals surface area contributed by atoms with E-state index < -0.39 is 11.6 Å². The number of benzene rings is 2. The van der Waals surface area contributed by atoms with Gasteiger partial charge in [-0.3, -0.25) is 4.79 Å². The molecule has 0 aliphatic heterocycles. The molecule has 0 unspecified atom stereocenters. The third kappa shape index (κ3) is 3.80. The molecule has 0 atom stereocenters. The van der Waals surface area contributed by atoms with Crippen molar-refractivity contribution < 1.29 is 18.7 Å². The molecule has 0 amide bonds. The SMILES string of the molecule is COC(=O)Cc1c(C)c2ccc(OCc3ccccc3Br)cc2oc1=O. The first-order valence-corrected chi connectivity index (χ1v) is 8.78. The molecule has 0 aliphatic carbocycles. The molecule has 3 rings (SSSR count). The second kappa shape index (κ2) is 7.74. The van der Waals surface area contributed by atoms with E-state index in [1.165, 1.54) is 7.11 Å². The molecule has 26 heavy (non-hydrogen) atoms. The Labute approximate surface area is 158 Å². The van der Waals surface area contributed by atoms with Gasteiger partial charge in [-0.2, -0.15) is 0 Å². The fourth-order valence-corrected chi connectivity index (χ4v) is 3.06. The number of esters is 1. The molecule has 3 aromatic rings. The second-order valence-corrected chi connectivity index (χ2v) is 6.64. The van der Waals surface area contributed by atoms with Crippen LogP contribution in [0.15, 0.2) is 56.1 Å². The number of rotatable bonds is 5. The summed E-state index contributed by atoms with van der Waals surface area (Å²) in [5, 5.41) is 0.761. The molecule has 0 saturated carbocycles. The summed E-state index contributed by atoms with van der Waals surface area (Å²) in [5.41, 5.74) is 1.91. The molecule has 1 aromatic heterocycles. The summed E-state index contributed by atoms with van der Waals surface area (Å²) in [7, 11) is 1.29. The monoisotopic (exact) mass is 416 g/mol. The highest BCUT2D eigenvalue weighted by atomic mass is 79.9. The lowest BCUT2D eigenvalue weighted by Gasteiger charge is -2.10. The first-order valence-electron chi connectivity index (χ1n) is 7.99. The van der Waals surface area contributed by atoms with Crippen LogP contribution in [0.5, 0.6) is 5.75 Å². The highest BCUT2D eigenvalue weighted by Gasteiger charge is 2.15. The number of ether oxygens (including phenoxy) is 2. The van der Waals surface area contributed by atoms with Crippen LogP contribution in [0.3, 0.4) is 0 Å². The smallest absolute Gasteiger partial charge is 0.340 e. The van der Waals surface area contributed by atoms with Crippen LogP contribution in [0, 0.1) is 6.92 Å². The predicted octanol–water partition coefficient (Wildman–Crippen LogP) is 4.16. The van der Waals surface area contributed by atoms with Crippen molar-refractivity contribution in [3.05, 3.63) is 74.0 Å². The first-order chi connectivity index (χ1) is 12.5. The number of fused-ring (bicyclic) bond motifs is 1. The van der Waals surface area contributed by atoms with Crippen LogP contribution in [0.25, 0.3) is 11.0 Å². The van der Waals surface area contributed by atoms with Crippen molar-refractivity contribution in [2.75, 3.05) is 7.11 Å². The van der Waals surface area contributed by atoms with E-state index in [1.54, 1.807) is 13.0 Å². The Balaban J connectivity index is 1.89. The minimum absolute atomic E-state index is 0.110. The molecule has 2 aromatic carbocycles. The molecule has 0 bridgehead atoms. The van der Waals surface area contributed by atoms with Gasteiger partial charge in [-0.05, 0) is 30.7 Å². The first kappa shape index (κ1) is 18.2. The van der Waals surface area contributed by atoms with Gasteiger partial charge in [0, 0.05) is 21.5 Å². The zero-order valence-corrected chi connectivity index (χ0v) is 16.0. The average molecular weight is 417 g/mol. The van der Waals surface area contributed by atoms with Gasteiger partial charge in [-0.1, -0.05) is 34.1 Å². The fourth-order valence-electron chi connectivity index (χ4n) is 2.66. The topological polar surface area (TPSA) is 65.7 Å². The molecule has 0 spiro atoms. The van der Waals surface area contributed by atoms with Crippen molar-refractivity contribution in [2.45, 2.75) is 20.0 Å². The van der Waals surface area contributed by atoms with Crippen molar-refractivity contribution in [1.82, 2.24) is 0 Å². The van der Waals surface area contributed by atoms with Crippen molar-refractivity contribution >= 4 is 32.9 Å². The van der Waals surface area contributed by atoms with E-state index in [0.29, 0.717) is 29.1 Å². The van der Waals surface area contributed by atoms with Gasteiger partial charge in [0.1, 0.15) is 17.9 Å². The minimum atomic E-state index is -0.539. The van der Waals surface area contributed by atoms with E-state index in [1.807, 2.05) is 36.4 Å². The molecular weight excluding hydrogens is 400 g/mol. The van der Waals surface area contributed by atoms with Gasteiger partial charge in [-0.15, -0.1) is 0 Å². The molecule has 134 valence electrons. The van der Waals surface area contributed by atoms with Crippen molar-refractivity contribution in [3.63, 3.8) is 0 Å². The average Bonchev–Trinajstić information content (AvgIpc) is 2.64. The Morgan fingerprint density at radius 2 is 1.96 bits per heavy atom. The van der Waals surface area contributed by atoms with E-state index in [4.69, 9.17) is 9.15 Å². The quantitative estimate of drug-likeness (QED) is 0.461. The molecule has 5 nitrogen and oxygen atoms in total. The Morgan fingerprint density at radius 3 is 2.69 bits per heavy atom. The number of halogens is 1. The summed E-state index contributed by atoms with van der Waals surface area (Å²) in [6, 6.07) is 13.1. The van der Waals surface area contributed by atoms with E-state index in [9.17, 15) is 9.59 Å². The number of hydrogen-bond donors (Lipinski definition) is 0. The summed E-state index contributed by atoms with van der Waals surface area (Å²) in [4.78, 5) is 23.7. The van der Waals surface area contributed by atoms with Gasteiger partial charge < -0.3 is 13.9 Å². The van der Waals surface area contributed by atoms with Gasteiger partial charge in [0.15, 0.2) is 0 Å². The van der Waals surface area contributed by atoms with Crippen LogP contribution in [-0.4, -0.2) is 13.1 Å². The third-order valence-electron chi connectivity index (χ3n) is 4.16. The van der Waals surface area contributed by atoms with Crippen LogP contribution in [0.4, 0.5) is 0 Å². The van der Waals surface area contributed by atoms with Crippen molar-refractivity contribution in [1.29, 1.82) is 0 Å². The molecule has 0 saturated heterocycles. The number of aryl methyl sites for hydroxylation is 1. The normalized spacial score (nSPS) is 10.7. The highest BCUT2D eigenvalue weighted by molar-refractivity contribution is 9.10. The Bertz CT molecular complexity index is 1020. The largest absolute Gasteiger partial charge is 0.489 e. The maximum absolute atomic E-state index is 12.2. The highest BCUT2D eigenvalue weighted by Crippen LogP contribution is 2.26. The standard InChI is InChI=1S/C20H17BrO5/c1-12-15-8-7-14(25-11-13-5-3-4-6-17(13)21)9-18(15)26-20(23)16(12)10-19(22)24-2/h3-9H,10-11H2,1-2H3. The third-order valence-corrected chi connectivity index (χ3v) is 4.93. The number of methoxy groups -OCH3 is 1. The number of carbonyl (C=O) groups is 1. The summed E-state index contributed by atoms with van der Waals surface area (Å²) in [5.74, 6) is 0.115. The van der Waals surface area contributed by atoms with Gasteiger partial charge >= 0.3 is 11.6 Å². The number of carbonyl (C=O) groups excluding carboxylic acids is 1. The van der Waals surface area contributed by atoms with Crippen LogP contribution in [-0.2, 0) is 22.6 Å². The molecule has 0 aliphatic rings. The predicted molar refractivity (Wildman–Crippen MR) is 101 cm³/mol. The molecule has 0 fully saturated rings. The van der Waals surface area contributed by atoms with E-state index in [2.05, 4.69) is 20.7 Å². The Morgan fingerprint density at radius 1 is 1.19 bits per heavy atom. The lowest BCUT2D eigenvalue weighted by molar-refractivity contribution is -0.139. The molecular formula is C20H17BrO5. The van der Waals surface area contributed by atoms with Crippen molar-refractivity contribution in [3.8, 4) is 5.75 Å². The molecule has 0 radical (unpaired) electrons. The van der Waals surface area contributed by atoms with Gasteiger partial charge in [0.25, 0.3) is 0 Å². The molecule has 1 heterocycles. The number of hydrogen-bond acceptors (Lipinski definition) is 5. The maximum atomic E-state index is 12.2. The van der Waals surface area contributed by atoms with Crippen LogP contribution in [0.1, 0.15) is 16.7 Å². The zero-order chi connectivity index (χ0) is 18.7. The van der Waals surface area contributed by atoms with Gasteiger partial charge in [-0.25, -0.2) is 4.79 Å². The summed E-state index contributed by atoms with van der Waals surface area (Å²) >= 11 is 3.48. The van der Waals surface area contributed by atoms with Crippen molar-refractivity contribution in [2.24, 2.45) is 0 Å². The molecule has 6 heteroatoms. The lowest BCUT2D eigenvalue weighted by Crippen LogP contribution is -2.16. The zero-order valence-electron chi connectivity index (χ0n) is 14.4. The van der Waals surface area contributed by atoms with Crippen LogP contribution < -0.4 is 10.4 Å². The van der Waals surface area contributed by atoms with Gasteiger partial charge in [0.2, 0.25) is 0 Å².